The molecule has 3 aromatic rings. The Morgan fingerprint density at radius 2 is 1.64 bits per heavy atom. The molecule has 166 valence electrons. The standard InChI is InChI=1S/C25H18ClNO6/c1-13-7-10-19(32-2)18(11-13)27-20(28)12-33-25(31)17-9-8-16-21(22(17)26)24(30)15-6-4-3-5-14(15)23(16)29/h3-11H,12H2,1-2H3,(H,27,28). The van der Waals surface area contributed by atoms with Crippen molar-refractivity contribution >= 4 is 40.7 Å². The van der Waals surface area contributed by atoms with Gasteiger partial charge in [0.25, 0.3) is 5.91 Å². The van der Waals surface area contributed by atoms with Gasteiger partial charge >= 0.3 is 5.97 Å². The van der Waals surface area contributed by atoms with Crippen LogP contribution in [-0.2, 0) is 9.53 Å². The van der Waals surface area contributed by atoms with Crippen LogP contribution in [0.2, 0.25) is 5.02 Å². The number of hydrogen-bond acceptors (Lipinski definition) is 6. The summed E-state index contributed by atoms with van der Waals surface area (Å²) in [5.41, 5.74) is 1.79. The molecule has 0 radical (unpaired) electrons. The smallest absolute Gasteiger partial charge is 0.340 e. The maximum Gasteiger partial charge on any atom is 0.340 e. The molecule has 1 aliphatic rings. The molecular formula is C25H18ClNO6. The van der Waals surface area contributed by atoms with E-state index in [9.17, 15) is 19.2 Å². The van der Waals surface area contributed by atoms with Crippen molar-refractivity contribution in [3.8, 4) is 5.75 Å². The number of rotatable bonds is 5. The number of anilines is 1. The quantitative estimate of drug-likeness (QED) is 0.445. The molecule has 0 fully saturated rings. The summed E-state index contributed by atoms with van der Waals surface area (Å²) < 4.78 is 10.3. The molecular weight excluding hydrogens is 446 g/mol. The van der Waals surface area contributed by atoms with Crippen molar-refractivity contribution in [2.24, 2.45) is 0 Å². The van der Waals surface area contributed by atoms with Crippen molar-refractivity contribution in [1.82, 2.24) is 0 Å². The maximum absolute atomic E-state index is 12.9. The van der Waals surface area contributed by atoms with E-state index in [0.717, 1.165) is 5.56 Å². The summed E-state index contributed by atoms with van der Waals surface area (Å²) >= 11 is 6.36. The topological polar surface area (TPSA) is 98.8 Å². The summed E-state index contributed by atoms with van der Waals surface area (Å²) in [5.74, 6) is -1.83. The SMILES string of the molecule is COc1ccc(C)cc1NC(=O)COC(=O)c1ccc2c(c1Cl)C(=O)c1ccccc1C2=O. The average Bonchev–Trinajstić information content (AvgIpc) is 2.81. The molecule has 33 heavy (non-hydrogen) atoms. The first-order valence-electron chi connectivity index (χ1n) is 9.94. The number of aryl methyl sites for hydroxylation is 1. The van der Waals surface area contributed by atoms with E-state index in [1.807, 2.05) is 13.0 Å². The molecule has 1 amide bonds. The van der Waals surface area contributed by atoms with Gasteiger partial charge in [-0.1, -0.05) is 41.9 Å². The third-order valence-electron chi connectivity index (χ3n) is 5.21. The number of halogens is 1. The number of carbonyl (C=O) groups excluding carboxylic acids is 4. The fraction of sp³-hybridized carbons (Fsp3) is 0.120. The van der Waals surface area contributed by atoms with Crippen molar-refractivity contribution in [2.45, 2.75) is 6.92 Å². The van der Waals surface area contributed by atoms with Gasteiger partial charge in [-0.2, -0.15) is 0 Å². The van der Waals surface area contributed by atoms with Crippen LogP contribution >= 0.6 is 11.6 Å². The van der Waals surface area contributed by atoms with Gasteiger partial charge in [-0.05, 0) is 36.8 Å². The van der Waals surface area contributed by atoms with Crippen molar-refractivity contribution in [1.29, 1.82) is 0 Å². The van der Waals surface area contributed by atoms with Crippen LogP contribution in [0.15, 0.2) is 54.6 Å². The molecule has 4 rings (SSSR count). The number of benzene rings is 3. The molecule has 0 saturated heterocycles. The average molecular weight is 464 g/mol. The van der Waals surface area contributed by atoms with Crippen LogP contribution in [0.1, 0.15) is 47.8 Å². The lowest BCUT2D eigenvalue weighted by molar-refractivity contribution is -0.119. The molecule has 3 aromatic carbocycles. The van der Waals surface area contributed by atoms with Crippen molar-refractivity contribution < 1.29 is 28.7 Å². The van der Waals surface area contributed by atoms with Crippen molar-refractivity contribution in [3.05, 3.63) is 93.0 Å². The van der Waals surface area contributed by atoms with Crippen LogP contribution in [0, 0.1) is 6.92 Å². The van der Waals surface area contributed by atoms with Crippen LogP contribution in [0.25, 0.3) is 0 Å². The van der Waals surface area contributed by atoms with Gasteiger partial charge in [0.05, 0.1) is 28.9 Å². The van der Waals surface area contributed by atoms with Crippen molar-refractivity contribution in [3.63, 3.8) is 0 Å². The molecule has 7 nitrogen and oxygen atoms in total. The highest BCUT2D eigenvalue weighted by molar-refractivity contribution is 6.41. The lowest BCUT2D eigenvalue weighted by atomic mass is 9.83. The Hall–Kier alpha value is -3.97. The predicted molar refractivity (Wildman–Crippen MR) is 121 cm³/mol. The molecule has 1 N–H and O–H groups in total. The monoisotopic (exact) mass is 463 g/mol. The van der Waals surface area contributed by atoms with Crippen LogP contribution < -0.4 is 10.1 Å². The first kappa shape index (κ1) is 22.2. The summed E-state index contributed by atoms with van der Waals surface area (Å²) in [7, 11) is 1.48. The third-order valence-corrected chi connectivity index (χ3v) is 5.61. The summed E-state index contributed by atoms with van der Waals surface area (Å²) in [4.78, 5) is 50.6. The van der Waals surface area contributed by atoms with Gasteiger partial charge in [0, 0.05) is 16.7 Å². The molecule has 0 unspecified atom stereocenters. The highest BCUT2D eigenvalue weighted by Gasteiger charge is 2.33. The number of ketones is 2. The number of methoxy groups -OCH3 is 1. The highest BCUT2D eigenvalue weighted by atomic mass is 35.5. The van der Waals surface area contributed by atoms with Gasteiger partial charge < -0.3 is 14.8 Å². The number of esters is 1. The Bertz CT molecular complexity index is 1330. The van der Waals surface area contributed by atoms with Crippen molar-refractivity contribution in [2.75, 3.05) is 19.0 Å². The minimum atomic E-state index is -0.895. The first-order valence-corrected chi connectivity index (χ1v) is 10.3. The van der Waals surface area contributed by atoms with Crippen LogP contribution in [0.5, 0.6) is 5.75 Å². The molecule has 0 atom stereocenters. The number of carbonyl (C=O) groups is 4. The summed E-state index contributed by atoms with van der Waals surface area (Å²) in [6, 6.07) is 14.3. The van der Waals surface area contributed by atoms with E-state index in [1.54, 1.807) is 30.3 Å². The van der Waals surface area contributed by atoms with Gasteiger partial charge in [-0.25, -0.2) is 4.79 Å². The second-order valence-electron chi connectivity index (χ2n) is 7.38. The zero-order chi connectivity index (χ0) is 23.7. The van der Waals surface area contributed by atoms with E-state index in [4.69, 9.17) is 21.1 Å². The van der Waals surface area contributed by atoms with E-state index in [2.05, 4.69) is 5.32 Å². The minimum Gasteiger partial charge on any atom is -0.495 e. The van der Waals surface area contributed by atoms with E-state index < -0.39 is 24.3 Å². The Labute approximate surface area is 194 Å². The Kier molecular flexibility index (Phi) is 5.98. The third kappa shape index (κ3) is 4.10. The summed E-state index contributed by atoms with van der Waals surface area (Å²) in [5, 5.41) is 2.44. The van der Waals surface area contributed by atoms with Gasteiger partial charge in [0.15, 0.2) is 18.2 Å². The van der Waals surface area contributed by atoms with Gasteiger partial charge in [0.1, 0.15) is 5.75 Å². The highest BCUT2D eigenvalue weighted by Crippen LogP contribution is 2.34. The zero-order valence-corrected chi connectivity index (χ0v) is 18.5. The van der Waals surface area contributed by atoms with Gasteiger partial charge in [-0.3, -0.25) is 14.4 Å². The van der Waals surface area contributed by atoms with Crippen LogP contribution in [-0.4, -0.2) is 37.2 Å². The number of ether oxygens (including phenoxy) is 2. The van der Waals surface area contributed by atoms with Gasteiger partial charge in [0.2, 0.25) is 0 Å². The molecule has 0 heterocycles. The minimum absolute atomic E-state index is 0.0521. The molecule has 0 spiro atoms. The largest absolute Gasteiger partial charge is 0.495 e. The lowest BCUT2D eigenvalue weighted by Crippen LogP contribution is -2.24. The van der Waals surface area contributed by atoms with E-state index in [1.165, 1.54) is 25.3 Å². The fourth-order valence-electron chi connectivity index (χ4n) is 3.62. The Balaban J connectivity index is 1.52. The molecule has 8 heteroatoms. The second kappa shape index (κ2) is 8.88. The number of fused-ring (bicyclic) bond motifs is 2. The number of hydrogen-bond donors (Lipinski definition) is 1. The lowest BCUT2D eigenvalue weighted by Gasteiger charge is -2.19. The number of nitrogens with one attached hydrogen (secondary N) is 1. The number of amides is 1. The summed E-state index contributed by atoms with van der Waals surface area (Å²) in [6.45, 7) is 1.27. The zero-order valence-electron chi connectivity index (χ0n) is 17.7. The summed E-state index contributed by atoms with van der Waals surface area (Å²) in [6.07, 6.45) is 0. The van der Waals surface area contributed by atoms with E-state index in [-0.39, 0.29) is 38.6 Å². The Morgan fingerprint density at radius 1 is 0.939 bits per heavy atom. The van der Waals surface area contributed by atoms with Crippen LogP contribution in [0.3, 0.4) is 0 Å². The Morgan fingerprint density at radius 3 is 2.33 bits per heavy atom. The predicted octanol–water partition coefficient (Wildman–Crippen LogP) is 4.23. The van der Waals surface area contributed by atoms with Gasteiger partial charge in [-0.15, -0.1) is 0 Å². The van der Waals surface area contributed by atoms with E-state index >= 15 is 0 Å². The molecule has 0 aliphatic heterocycles. The normalized spacial score (nSPS) is 12.0. The second-order valence-corrected chi connectivity index (χ2v) is 7.76. The molecule has 0 aromatic heterocycles. The first-order chi connectivity index (χ1) is 15.8. The molecule has 0 bridgehead atoms. The molecule has 0 saturated carbocycles. The van der Waals surface area contributed by atoms with Crippen LogP contribution in [0.4, 0.5) is 5.69 Å². The fourth-order valence-corrected chi connectivity index (χ4v) is 3.95. The van der Waals surface area contributed by atoms with E-state index in [0.29, 0.717) is 11.4 Å². The maximum atomic E-state index is 12.9. The molecule has 1 aliphatic carbocycles.